The van der Waals surface area contributed by atoms with Crippen LogP contribution in [0.3, 0.4) is 0 Å². The van der Waals surface area contributed by atoms with Crippen LogP contribution in [-0.2, 0) is 9.53 Å². The third kappa shape index (κ3) is 4.07. The molecule has 1 unspecified atom stereocenters. The van der Waals surface area contributed by atoms with Gasteiger partial charge in [-0.3, -0.25) is 4.79 Å². The SMILES string of the molecule is CC(OC(=O)c1ccc(-c2ccccc2F)o1)C(=O)NC1CCCC1. The third-order valence-corrected chi connectivity index (χ3v) is 4.30. The summed E-state index contributed by atoms with van der Waals surface area (Å²) in [6.07, 6.45) is 3.19. The van der Waals surface area contributed by atoms with E-state index in [0.717, 1.165) is 25.7 Å². The molecule has 1 aromatic carbocycles. The van der Waals surface area contributed by atoms with Crippen molar-refractivity contribution in [3.8, 4) is 11.3 Å². The molecule has 5 nitrogen and oxygen atoms in total. The maximum absolute atomic E-state index is 13.8. The second-order valence-electron chi connectivity index (χ2n) is 6.18. The van der Waals surface area contributed by atoms with E-state index in [1.807, 2.05) is 0 Å². The Hall–Kier alpha value is -2.63. The van der Waals surface area contributed by atoms with Crippen LogP contribution in [0.1, 0.15) is 43.2 Å². The second-order valence-corrected chi connectivity index (χ2v) is 6.18. The van der Waals surface area contributed by atoms with Crippen LogP contribution < -0.4 is 5.32 Å². The van der Waals surface area contributed by atoms with Gasteiger partial charge in [-0.2, -0.15) is 0 Å². The standard InChI is InChI=1S/C19H20FNO4/c1-12(18(22)21-13-6-2-3-7-13)24-19(23)17-11-10-16(25-17)14-8-4-5-9-15(14)20/h4-5,8-13H,2-3,6-7H2,1H3,(H,21,22). The Morgan fingerprint density at radius 2 is 1.92 bits per heavy atom. The first kappa shape index (κ1) is 17.2. The summed E-state index contributed by atoms with van der Waals surface area (Å²) < 4.78 is 24.3. The predicted molar refractivity (Wildman–Crippen MR) is 89.4 cm³/mol. The highest BCUT2D eigenvalue weighted by molar-refractivity contribution is 5.90. The molecule has 1 N–H and O–H groups in total. The van der Waals surface area contributed by atoms with Crippen LogP contribution in [0.2, 0.25) is 0 Å². The van der Waals surface area contributed by atoms with Gasteiger partial charge in [-0.1, -0.05) is 25.0 Å². The molecule has 132 valence electrons. The molecule has 1 aromatic heterocycles. The van der Waals surface area contributed by atoms with E-state index in [-0.39, 0.29) is 29.0 Å². The molecule has 1 aliphatic carbocycles. The fourth-order valence-electron chi connectivity index (χ4n) is 2.91. The molecule has 1 fully saturated rings. The van der Waals surface area contributed by atoms with Crippen molar-refractivity contribution in [1.82, 2.24) is 5.32 Å². The number of esters is 1. The Morgan fingerprint density at radius 3 is 2.64 bits per heavy atom. The minimum atomic E-state index is -0.921. The van der Waals surface area contributed by atoms with Gasteiger partial charge in [-0.15, -0.1) is 0 Å². The zero-order valence-electron chi connectivity index (χ0n) is 14.0. The topological polar surface area (TPSA) is 68.5 Å². The Balaban J connectivity index is 1.61. The highest BCUT2D eigenvalue weighted by atomic mass is 19.1. The highest BCUT2D eigenvalue weighted by Gasteiger charge is 2.25. The smallest absolute Gasteiger partial charge is 0.375 e. The van der Waals surface area contributed by atoms with Crippen LogP contribution in [0.4, 0.5) is 4.39 Å². The van der Waals surface area contributed by atoms with E-state index < -0.39 is 17.9 Å². The number of hydrogen-bond acceptors (Lipinski definition) is 4. The minimum Gasteiger partial charge on any atom is -0.449 e. The van der Waals surface area contributed by atoms with Crippen LogP contribution in [-0.4, -0.2) is 24.0 Å². The molecular weight excluding hydrogens is 325 g/mol. The largest absolute Gasteiger partial charge is 0.449 e. The molecule has 0 spiro atoms. The van der Waals surface area contributed by atoms with Gasteiger partial charge in [0.15, 0.2) is 6.10 Å². The van der Waals surface area contributed by atoms with E-state index in [4.69, 9.17) is 9.15 Å². The van der Waals surface area contributed by atoms with Crippen molar-refractivity contribution in [2.24, 2.45) is 0 Å². The van der Waals surface area contributed by atoms with Gasteiger partial charge in [0.25, 0.3) is 5.91 Å². The van der Waals surface area contributed by atoms with Crippen molar-refractivity contribution in [1.29, 1.82) is 0 Å². The molecule has 0 aliphatic heterocycles. The van der Waals surface area contributed by atoms with Gasteiger partial charge in [0, 0.05) is 6.04 Å². The van der Waals surface area contributed by atoms with Crippen molar-refractivity contribution >= 4 is 11.9 Å². The quantitative estimate of drug-likeness (QED) is 0.839. The number of rotatable bonds is 5. The Morgan fingerprint density at radius 1 is 1.20 bits per heavy atom. The summed E-state index contributed by atoms with van der Waals surface area (Å²) in [7, 11) is 0. The van der Waals surface area contributed by atoms with E-state index >= 15 is 0 Å². The second kappa shape index (κ2) is 7.51. The molecule has 0 saturated heterocycles. The van der Waals surface area contributed by atoms with Crippen LogP contribution in [0.15, 0.2) is 40.8 Å². The van der Waals surface area contributed by atoms with E-state index in [2.05, 4.69) is 5.32 Å². The Bertz CT molecular complexity index is 764. The first-order valence-corrected chi connectivity index (χ1v) is 8.40. The summed E-state index contributed by atoms with van der Waals surface area (Å²) in [5, 5.41) is 2.88. The van der Waals surface area contributed by atoms with Gasteiger partial charge in [0.1, 0.15) is 11.6 Å². The molecule has 0 radical (unpaired) electrons. The average molecular weight is 345 g/mol. The fourth-order valence-corrected chi connectivity index (χ4v) is 2.91. The number of carbonyl (C=O) groups excluding carboxylic acids is 2. The van der Waals surface area contributed by atoms with Crippen molar-refractivity contribution in [2.45, 2.75) is 44.8 Å². The predicted octanol–water partition coefficient (Wildman–Crippen LogP) is 3.69. The Kier molecular flexibility index (Phi) is 5.16. The van der Waals surface area contributed by atoms with Crippen LogP contribution in [0.5, 0.6) is 0 Å². The monoisotopic (exact) mass is 345 g/mol. The molecular formula is C19H20FNO4. The molecule has 0 bridgehead atoms. The number of benzene rings is 1. The van der Waals surface area contributed by atoms with Crippen LogP contribution in [0.25, 0.3) is 11.3 Å². The van der Waals surface area contributed by atoms with Crippen molar-refractivity contribution in [2.75, 3.05) is 0 Å². The molecule has 1 atom stereocenters. The van der Waals surface area contributed by atoms with Crippen LogP contribution >= 0.6 is 0 Å². The first-order chi connectivity index (χ1) is 12.0. The number of amides is 1. The number of hydrogen-bond donors (Lipinski definition) is 1. The number of halogens is 1. The van der Waals surface area contributed by atoms with E-state index in [9.17, 15) is 14.0 Å². The van der Waals surface area contributed by atoms with Gasteiger partial charge in [0.2, 0.25) is 5.76 Å². The molecule has 2 aromatic rings. The van der Waals surface area contributed by atoms with E-state index in [0.29, 0.717) is 0 Å². The number of nitrogens with one attached hydrogen (secondary N) is 1. The lowest BCUT2D eigenvalue weighted by Crippen LogP contribution is -2.40. The zero-order chi connectivity index (χ0) is 17.8. The maximum Gasteiger partial charge on any atom is 0.375 e. The van der Waals surface area contributed by atoms with Gasteiger partial charge in [-0.05, 0) is 44.0 Å². The molecule has 1 aliphatic rings. The summed E-state index contributed by atoms with van der Waals surface area (Å²) >= 11 is 0. The van der Waals surface area contributed by atoms with Gasteiger partial charge in [0.05, 0.1) is 5.56 Å². The normalized spacial score (nSPS) is 15.8. The highest BCUT2D eigenvalue weighted by Crippen LogP contribution is 2.25. The third-order valence-electron chi connectivity index (χ3n) is 4.30. The lowest BCUT2D eigenvalue weighted by Gasteiger charge is -2.16. The number of carbonyl (C=O) groups is 2. The van der Waals surface area contributed by atoms with Gasteiger partial charge < -0.3 is 14.5 Å². The first-order valence-electron chi connectivity index (χ1n) is 8.40. The molecule has 3 rings (SSSR count). The summed E-state index contributed by atoms with van der Waals surface area (Å²) in [4.78, 5) is 24.2. The number of ether oxygens (including phenoxy) is 1. The average Bonchev–Trinajstić information content (AvgIpc) is 3.26. The molecule has 1 saturated carbocycles. The van der Waals surface area contributed by atoms with Crippen molar-refractivity contribution in [3.63, 3.8) is 0 Å². The van der Waals surface area contributed by atoms with Crippen molar-refractivity contribution < 1.29 is 23.1 Å². The molecule has 1 amide bonds. The molecule has 25 heavy (non-hydrogen) atoms. The van der Waals surface area contributed by atoms with E-state index in [1.165, 1.54) is 25.1 Å². The van der Waals surface area contributed by atoms with E-state index in [1.54, 1.807) is 18.2 Å². The van der Waals surface area contributed by atoms with Gasteiger partial charge in [-0.25, -0.2) is 9.18 Å². The summed E-state index contributed by atoms with van der Waals surface area (Å²) in [5.41, 5.74) is 0.258. The fraction of sp³-hybridized carbons (Fsp3) is 0.368. The Labute approximate surface area is 145 Å². The summed E-state index contributed by atoms with van der Waals surface area (Å²) in [6.45, 7) is 1.52. The summed E-state index contributed by atoms with van der Waals surface area (Å²) in [6, 6.07) is 9.18. The van der Waals surface area contributed by atoms with Gasteiger partial charge >= 0.3 is 5.97 Å². The molecule has 6 heteroatoms. The van der Waals surface area contributed by atoms with Crippen molar-refractivity contribution in [3.05, 3.63) is 48.0 Å². The summed E-state index contributed by atoms with van der Waals surface area (Å²) in [5.74, 6) is -1.36. The lowest BCUT2D eigenvalue weighted by molar-refractivity contribution is -0.129. The number of furan rings is 1. The molecule has 1 heterocycles. The minimum absolute atomic E-state index is 0.0706. The van der Waals surface area contributed by atoms with Crippen LogP contribution in [0, 0.1) is 5.82 Å². The lowest BCUT2D eigenvalue weighted by atomic mass is 10.1. The zero-order valence-corrected chi connectivity index (χ0v) is 14.0. The maximum atomic E-state index is 13.8.